The average molecular weight is 525 g/mol. The minimum atomic E-state index is -3.13. The van der Waals surface area contributed by atoms with Crippen molar-refractivity contribution in [3.05, 3.63) is 35.9 Å². The second kappa shape index (κ2) is 12.6. The van der Waals surface area contributed by atoms with Crippen LogP contribution in [0.1, 0.15) is 24.8 Å². The summed E-state index contributed by atoms with van der Waals surface area (Å²) in [5.41, 5.74) is 0.752. The van der Waals surface area contributed by atoms with Crippen molar-refractivity contribution in [1.29, 1.82) is 0 Å². The monoisotopic (exact) mass is 525 g/mol. The summed E-state index contributed by atoms with van der Waals surface area (Å²) >= 11 is 0. The van der Waals surface area contributed by atoms with E-state index in [2.05, 4.69) is 15.6 Å². The van der Waals surface area contributed by atoms with Crippen LogP contribution in [-0.4, -0.2) is 65.2 Å². The molecular weight excluding hydrogens is 493 g/mol. The van der Waals surface area contributed by atoms with Gasteiger partial charge in [0.15, 0.2) is 15.8 Å². The second-order valence-electron chi connectivity index (χ2n) is 7.06. The summed E-state index contributed by atoms with van der Waals surface area (Å²) in [5.74, 6) is 0.846. The summed E-state index contributed by atoms with van der Waals surface area (Å²) < 4.78 is 29.9. The molecule has 0 radical (unpaired) electrons. The number of aliphatic hydroxyl groups excluding tert-OH is 1. The van der Waals surface area contributed by atoms with E-state index >= 15 is 0 Å². The third kappa shape index (κ3) is 8.62. The number of guanidine groups is 1. The Morgan fingerprint density at radius 2 is 2.04 bits per heavy atom. The number of sulfone groups is 1. The Balaban J connectivity index is 0.00000392. The number of hydrogen-bond donors (Lipinski definition) is 3. The molecule has 1 aromatic carbocycles. The number of halogens is 1. The third-order valence-corrected chi connectivity index (χ3v) is 6.52. The van der Waals surface area contributed by atoms with E-state index in [1.54, 1.807) is 7.05 Å². The van der Waals surface area contributed by atoms with Crippen LogP contribution in [0.3, 0.4) is 0 Å². The smallest absolute Gasteiger partial charge is 0.190 e. The lowest BCUT2D eigenvalue weighted by Gasteiger charge is -2.27. The topological polar surface area (TPSA) is 100 Å². The molecule has 1 unspecified atom stereocenters. The third-order valence-electron chi connectivity index (χ3n) is 4.84. The first kappa shape index (κ1) is 25.1. The van der Waals surface area contributed by atoms with Gasteiger partial charge in [0.1, 0.15) is 0 Å². The SMILES string of the molecule is CN=C(NCCCS(=O)(=O)Cc1ccccc1)NCC1(CCO)CCOC1.I. The Hall–Kier alpha value is -0.910. The van der Waals surface area contributed by atoms with Crippen molar-refractivity contribution in [3.8, 4) is 0 Å². The largest absolute Gasteiger partial charge is 0.396 e. The number of rotatable bonds is 10. The highest BCUT2D eigenvalue weighted by atomic mass is 127. The van der Waals surface area contributed by atoms with E-state index in [1.807, 2.05) is 30.3 Å². The second-order valence-corrected chi connectivity index (χ2v) is 9.24. The molecule has 0 aliphatic carbocycles. The van der Waals surface area contributed by atoms with Crippen molar-refractivity contribution in [2.24, 2.45) is 10.4 Å². The van der Waals surface area contributed by atoms with E-state index in [9.17, 15) is 13.5 Å². The minimum absolute atomic E-state index is 0. The highest BCUT2D eigenvalue weighted by Crippen LogP contribution is 2.31. The van der Waals surface area contributed by atoms with Crippen molar-refractivity contribution in [2.45, 2.75) is 25.0 Å². The maximum absolute atomic E-state index is 12.2. The van der Waals surface area contributed by atoms with Crippen molar-refractivity contribution in [1.82, 2.24) is 10.6 Å². The van der Waals surface area contributed by atoms with E-state index in [-0.39, 0.29) is 47.5 Å². The molecule has 9 heteroatoms. The van der Waals surface area contributed by atoms with E-state index in [4.69, 9.17) is 4.74 Å². The first-order chi connectivity index (χ1) is 13.0. The molecule has 0 saturated carbocycles. The molecule has 3 N–H and O–H groups in total. The van der Waals surface area contributed by atoms with Crippen molar-refractivity contribution < 1.29 is 18.3 Å². The van der Waals surface area contributed by atoms with Crippen LogP contribution in [0.5, 0.6) is 0 Å². The number of nitrogens with zero attached hydrogens (tertiary/aromatic N) is 1. The molecule has 1 saturated heterocycles. The fraction of sp³-hybridized carbons (Fsp3) is 0.632. The van der Waals surface area contributed by atoms with Crippen LogP contribution < -0.4 is 10.6 Å². The van der Waals surface area contributed by atoms with Crippen LogP contribution in [0, 0.1) is 5.41 Å². The molecule has 2 rings (SSSR count). The van der Waals surface area contributed by atoms with Gasteiger partial charge in [0.25, 0.3) is 0 Å². The van der Waals surface area contributed by atoms with Gasteiger partial charge in [-0.15, -0.1) is 24.0 Å². The van der Waals surface area contributed by atoms with Gasteiger partial charge in [0, 0.05) is 38.8 Å². The quantitative estimate of drug-likeness (QED) is 0.186. The maximum atomic E-state index is 12.2. The number of hydrogen-bond acceptors (Lipinski definition) is 5. The maximum Gasteiger partial charge on any atom is 0.190 e. The molecule has 1 fully saturated rings. The van der Waals surface area contributed by atoms with Gasteiger partial charge >= 0.3 is 0 Å². The first-order valence-corrected chi connectivity index (χ1v) is 11.2. The van der Waals surface area contributed by atoms with Crippen LogP contribution in [0.4, 0.5) is 0 Å². The van der Waals surface area contributed by atoms with Crippen LogP contribution >= 0.6 is 24.0 Å². The van der Waals surface area contributed by atoms with Crippen molar-refractivity contribution in [3.63, 3.8) is 0 Å². The number of aliphatic imine (C=N–C) groups is 1. The molecule has 1 aromatic rings. The molecule has 0 amide bonds. The summed E-state index contributed by atoms with van der Waals surface area (Å²) in [7, 11) is -1.44. The minimum Gasteiger partial charge on any atom is -0.396 e. The standard InChI is InChI=1S/C19H31N3O4S.HI/c1-20-18(22-15-19(8-11-23)9-12-26-16-19)21-10-5-13-27(24,25)14-17-6-3-2-4-7-17;/h2-4,6-7,23H,5,8-16H2,1H3,(H2,20,21,22);1H. The fourth-order valence-electron chi connectivity index (χ4n) is 3.20. The zero-order chi connectivity index (χ0) is 19.6. The Kier molecular flexibility index (Phi) is 11.3. The van der Waals surface area contributed by atoms with Gasteiger partial charge in [0.2, 0.25) is 0 Å². The van der Waals surface area contributed by atoms with Gasteiger partial charge in [-0.05, 0) is 24.8 Å². The zero-order valence-electron chi connectivity index (χ0n) is 16.4. The van der Waals surface area contributed by atoms with Gasteiger partial charge in [0.05, 0.1) is 18.1 Å². The first-order valence-electron chi connectivity index (χ1n) is 9.36. The van der Waals surface area contributed by atoms with E-state index in [1.165, 1.54) is 0 Å². The van der Waals surface area contributed by atoms with Crippen LogP contribution in [0.15, 0.2) is 35.3 Å². The van der Waals surface area contributed by atoms with Crippen LogP contribution in [0.25, 0.3) is 0 Å². The van der Waals surface area contributed by atoms with E-state index in [0.717, 1.165) is 12.0 Å². The van der Waals surface area contributed by atoms with Gasteiger partial charge in [-0.25, -0.2) is 8.42 Å². The lowest BCUT2D eigenvalue weighted by Crippen LogP contribution is -2.44. The Labute approximate surface area is 185 Å². The average Bonchev–Trinajstić information content (AvgIpc) is 3.10. The van der Waals surface area contributed by atoms with Crippen LogP contribution in [0.2, 0.25) is 0 Å². The van der Waals surface area contributed by atoms with Crippen molar-refractivity contribution in [2.75, 3.05) is 45.7 Å². The normalized spacial score (nSPS) is 19.9. The van der Waals surface area contributed by atoms with Crippen molar-refractivity contribution >= 4 is 39.8 Å². The van der Waals surface area contributed by atoms with Gasteiger partial charge < -0.3 is 20.5 Å². The van der Waals surface area contributed by atoms with Gasteiger partial charge in [-0.2, -0.15) is 0 Å². The molecule has 7 nitrogen and oxygen atoms in total. The number of nitrogens with one attached hydrogen (secondary N) is 2. The van der Waals surface area contributed by atoms with Crippen LogP contribution in [-0.2, 0) is 20.3 Å². The number of benzene rings is 1. The Morgan fingerprint density at radius 1 is 1.29 bits per heavy atom. The molecule has 1 aliphatic heterocycles. The Bertz CT molecular complexity index is 692. The number of aliphatic hydroxyl groups is 1. The molecule has 1 aliphatic rings. The predicted molar refractivity (Wildman–Crippen MR) is 123 cm³/mol. The lowest BCUT2D eigenvalue weighted by molar-refractivity contribution is 0.127. The van der Waals surface area contributed by atoms with Gasteiger partial charge in [-0.1, -0.05) is 30.3 Å². The molecule has 1 atom stereocenters. The highest BCUT2D eigenvalue weighted by Gasteiger charge is 2.34. The molecule has 28 heavy (non-hydrogen) atoms. The lowest BCUT2D eigenvalue weighted by atomic mass is 9.84. The van der Waals surface area contributed by atoms with E-state index in [0.29, 0.717) is 45.1 Å². The summed E-state index contributed by atoms with van der Waals surface area (Å²) in [4.78, 5) is 4.18. The molecule has 1 heterocycles. The molecule has 160 valence electrons. The molecular formula is C19H32IN3O4S. The molecule has 0 bridgehead atoms. The van der Waals surface area contributed by atoms with E-state index < -0.39 is 9.84 Å². The summed E-state index contributed by atoms with van der Waals surface area (Å²) in [6.07, 6.45) is 2.12. The fourth-order valence-corrected chi connectivity index (χ4v) is 4.63. The summed E-state index contributed by atoms with van der Waals surface area (Å²) in [6, 6.07) is 9.23. The zero-order valence-corrected chi connectivity index (χ0v) is 19.5. The summed E-state index contributed by atoms with van der Waals surface area (Å²) in [6.45, 7) is 2.68. The van der Waals surface area contributed by atoms with Gasteiger partial charge in [-0.3, -0.25) is 4.99 Å². The molecule has 0 spiro atoms. The Morgan fingerprint density at radius 3 is 2.64 bits per heavy atom. The predicted octanol–water partition coefficient (Wildman–Crippen LogP) is 1.56. The molecule has 0 aromatic heterocycles. The highest BCUT2D eigenvalue weighted by molar-refractivity contribution is 14.0. The number of ether oxygens (including phenoxy) is 1. The summed E-state index contributed by atoms with van der Waals surface area (Å²) in [5, 5.41) is 15.7.